The topological polar surface area (TPSA) is 91.7 Å². The van der Waals surface area contributed by atoms with Crippen LogP contribution in [0.15, 0.2) is 30.3 Å². The van der Waals surface area contributed by atoms with Crippen molar-refractivity contribution in [2.45, 2.75) is 90.0 Å². The summed E-state index contributed by atoms with van der Waals surface area (Å²) in [4.78, 5) is 27.9. The van der Waals surface area contributed by atoms with Crippen LogP contribution >= 0.6 is 0 Å². The molecule has 1 aromatic carbocycles. The molecule has 1 saturated carbocycles. The Balaban J connectivity index is 1.68. The lowest BCUT2D eigenvalue weighted by Gasteiger charge is -2.35. The summed E-state index contributed by atoms with van der Waals surface area (Å²) in [5.41, 5.74) is 0.355. The van der Waals surface area contributed by atoms with Crippen molar-refractivity contribution in [1.29, 1.82) is 5.41 Å². The largest absolute Gasteiger partial charge is 0.475 e. The summed E-state index contributed by atoms with van der Waals surface area (Å²) in [6.07, 6.45) is 6.05. The first kappa shape index (κ1) is 24.1. The van der Waals surface area contributed by atoms with Crippen molar-refractivity contribution in [2.24, 2.45) is 5.92 Å². The summed E-state index contributed by atoms with van der Waals surface area (Å²) >= 11 is 0. The molecule has 1 aliphatic heterocycles. The van der Waals surface area contributed by atoms with Crippen molar-refractivity contribution >= 4 is 17.9 Å². The Morgan fingerprint density at radius 2 is 1.78 bits per heavy atom. The van der Waals surface area contributed by atoms with Crippen molar-refractivity contribution in [1.82, 2.24) is 10.2 Å². The van der Waals surface area contributed by atoms with Crippen LogP contribution in [-0.2, 0) is 20.9 Å². The number of benzene rings is 1. The molecule has 1 unspecified atom stereocenters. The second-order valence-corrected chi connectivity index (χ2v) is 9.85. The van der Waals surface area contributed by atoms with Gasteiger partial charge in [-0.1, -0.05) is 49.6 Å². The number of carbonyl (C=O) groups is 2. The van der Waals surface area contributed by atoms with Crippen molar-refractivity contribution in [3.05, 3.63) is 35.9 Å². The molecule has 0 bridgehead atoms. The fourth-order valence-corrected chi connectivity index (χ4v) is 4.60. The third kappa shape index (κ3) is 6.71. The van der Waals surface area contributed by atoms with E-state index in [1.807, 2.05) is 51.1 Å². The third-order valence-electron chi connectivity index (χ3n) is 6.14. The van der Waals surface area contributed by atoms with Gasteiger partial charge in [-0.3, -0.25) is 10.2 Å². The molecule has 1 aromatic rings. The highest BCUT2D eigenvalue weighted by atomic mass is 16.6. The Bertz CT molecular complexity index is 784. The maximum absolute atomic E-state index is 13.6. The summed E-state index contributed by atoms with van der Waals surface area (Å²) in [6, 6.07) is 8.69. The van der Waals surface area contributed by atoms with Gasteiger partial charge in [0.1, 0.15) is 24.3 Å². The molecule has 2 aliphatic rings. The molecule has 3 rings (SSSR count). The van der Waals surface area contributed by atoms with E-state index in [9.17, 15) is 9.59 Å². The first-order valence-corrected chi connectivity index (χ1v) is 11.8. The van der Waals surface area contributed by atoms with Gasteiger partial charge in [-0.05, 0) is 57.9 Å². The van der Waals surface area contributed by atoms with Crippen molar-refractivity contribution in [2.75, 3.05) is 6.54 Å². The molecule has 1 saturated heterocycles. The minimum Gasteiger partial charge on any atom is -0.475 e. The molecule has 2 fully saturated rings. The molecular weight excluding hydrogens is 406 g/mol. The van der Waals surface area contributed by atoms with Crippen LogP contribution in [-0.4, -0.2) is 47.0 Å². The molecule has 0 aromatic heterocycles. The highest BCUT2D eigenvalue weighted by molar-refractivity contribution is 5.91. The van der Waals surface area contributed by atoms with E-state index < -0.39 is 23.8 Å². The summed E-state index contributed by atoms with van der Waals surface area (Å²) in [6.45, 7) is 6.31. The number of hydrogen-bond acceptors (Lipinski definition) is 5. The minimum absolute atomic E-state index is 0.0874. The summed E-state index contributed by atoms with van der Waals surface area (Å²) in [5.74, 6) is 0.0714. The number of likely N-dealkylation sites (tertiary alicyclic amines) is 1. The standard InChI is InChI=1S/C25H37N3O4/c1-25(2,3)32-24(30)27-21(19-13-8-5-9-14-19)23(29)28-16-10-15-20(28)22(26)31-17-18-11-6-4-7-12-18/h4,6-7,11-12,19-21,26H,5,8-10,13-17H2,1-3H3,(H,27,30)/t20?,21-/m0/s1. The average molecular weight is 444 g/mol. The second-order valence-electron chi connectivity index (χ2n) is 9.85. The van der Waals surface area contributed by atoms with Crippen LogP contribution in [0, 0.1) is 11.3 Å². The van der Waals surface area contributed by atoms with Crippen LogP contribution in [0.3, 0.4) is 0 Å². The van der Waals surface area contributed by atoms with Crippen molar-refractivity contribution < 1.29 is 19.1 Å². The summed E-state index contributed by atoms with van der Waals surface area (Å²) in [7, 11) is 0. The maximum atomic E-state index is 13.6. The first-order chi connectivity index (χ1) is 15.2. The molecule has 32 heavy (non-hydrogen) atoms. The fourth-order valence-electron chi connectivity index (χ4n) is 4.60. The van der Waals surface area contributed by atoms with Crippen molar-refractivity contribution in [3.8, 4) is 0 Å². The van der Waals surface area contributed by atoms with Gasteiger partial charge in [0, 0.05) is 6.54 Å². The van der Waals surface area contributed by atoms with E-state index in [0.29, 0.717) is 19.6 Å². The van der Waals surface area contributed by atoms with Gasteiger partial charge in [0.15, 0.2) is 0 Å². The van der Waals surface area contributed by atoms with Gasteiger partial charge < -0.3 is 19.7 Å². The van der Waals surface area contributed by atoms with Gasteiger partial charge in [-0.25, -0.2) is 4.79 Å². The monoisotopic (exact) mass is 443 g/mol. The van der Waals surface area contributed by atoms with E-state index in [4.69, 9.17) is 14.9 Å². The van der Waals surface area contributed by atoms with Gasteiger partial charge in [-0.2, -0.15) is 0 Å². The Hall–Kier alpha value is -2.57. The molecular formula is C25H37N3O4. The number of nitrogens with one attached hydrogen (secondary N) is 2. The first-order valence-electron chi connectivity index (χ1n) is 11.8. The predicted molar refractivity (Wildman–Crippen MR) is 123 cm³/mol. The van der Waals surface area contributed by atoms with E-state index in [1.54, 1.807) is 4.90 Å². The van der Waals surface area contributed by atoms with Crippen LogP contribution in [0.25, 0.3) is 0 Å². The normalized spacial score (nSPS) is 20.5. The fraction of sp³-hybridized carbons (Fsp3) is 0.640. The Kier molecular flexibility index (Phi) is 8.15. The summed E-state index contributed by atoms with van der Waals surface area (Å²) in [5, 5.41) is 11.3. The second kappa shape index (κ2) is 10.8. The van der Waals surface area contributed by atoms with Gasteiger partial charge in [0.05, 0.1) is 0 Å². The number of carbonyl (C=O) groups excluding carboxylic acids is 2. The molecule has 7 nitrogen and oxygen atoms in total. The van der Waals surface area contributed by atoms with Crippen LogP contribution in [0.1, 0.15) is 71.3 Å². The van der Waals surface area contributed by atoms with Crippen molar-refractivity contribution in [3.63, 3.8) is 0 Å². The quantitative estimate of drug-likeness (QED) is 0.495. The minimum atomic E-state index is -0.632. The lowest BCUT2D eigenvalue weighted by molar-refractivity contribution is -0.135. The van der Waals surface area contributed by atoms with E-state index in [1.165, 1.54) is 0 Å². The lowest BCUT2D eigenvalue weighted by Crippen LogP contribution is -2.55. The summed E-state index contributed by atoms with van der Waals surface area (Å²) < 4.78 is 11.2. The smallest absolute Gasteiger partial charge is 0.408 e. The van der Waals surface area contributed by atoms with E-state index in [0.717, 1.165) is 44.1 Å². The number of ether oxygens (including phenoxy) is 2. The third-order valence-corrected chi connectivity index (χ3v) is 6.14. The molecule has 0 spiro atoms. The number of rotatable bonds is 6. The van der Waals surface area contributed by atoms with Gasteiger partial charge in [-0.15, -0.1) is 0 Å². The molecule has 2 N–H and O–H groups in total. The molecule has 0 radical (unpaired) electrons. The van der Waals surface area contributed by atoms with E-state index in [2.05, 4.69) is 5.32 Å². The Morgan fingerprint density at radius 3 is 2.44 bits per heavy atom. The van der Waals surface area contributed by atoms with Gasteiger partial charge in [0.2, 0.25) is 11.8 Å². The maximum Gasteiger partial charge on any atom is 0.408 e. The average Bonchev–Trinajstić information content (AvgIpc) is 3.25. The van der Waals surface area contributed by atoms with Crippen LogP contribution < -0.4 is 5.32 Å². The molecule has 2 amide bonds. The van der Waals surface area contributed by atoms with Crippen LogP contribution in [0.5, 0.6) is 0 Å². The van der Waals surface area contributed by atoms with E-state index in [-0.39, 0.29) is 17.7 Å². The van der Waals surface area contributed by atoms with E-state index >= 15 is 0 Å². The number of hydrogen-bond donors (Lipinski definition) is 2. The zero-order valence-electron chi connectivity index (χ0n) is 19.6. The highest BCUT2D eigenvalue weighted by Gasteiger charge is 2.40. The SMILES string of the molecule is CC(C)(C)OC(=O)N[C@H](C(=O)N1CCCC1C(=N)OCc1ccccc1)C1CCCCC1. The Labute approximate surface area is 191 Å². The number of amides is 2. The zero-order chi connectivity index (χ0) is 23.1. The number of nitrogens with zero attached hydrogens (tertiary/aromatic N) is 1. The molecule has 1 heterocycles. The molecule has 7 heteroatoms. The Morgan fingerprint density at radius 1 is 1.09 bits per heavy atom. The zero-order valence-corrected chi connectivity index (χ0v) is 19.6. The molecule has 176 valence electrons. The predicted octanol–water partition coefficient (Wildman–Crippen LogP) is 4.65. The van der Waals surface area contributed by atoms with Crippen LogP contribution in [0.2, 0.25) is 0 Å². The van der Waals surface area contributed by atoms with Gasteiger partial charge >= 0.3 is 6.09 Å². The lowest BCUT2D eigenvalue weighted by atomic mass is 9.83. The van der Waals surface area contributed by atoms with Gasteiger partial charge in [0.25, 0.3) is 0 Å². The number of alkyl carbamates (subject to hydrolysis) is 1. The molecule has 1 aliphatic carbocycles. The van der Waals surface area contributed by atoms with Crippen LogP contribution in [0.4, 0.5) is 4.79 Å². The highest BCUT2D eigenvalue weighted by Crippen LogP contribution is 2.30. The molecule has 2 atom stereocenters.